The molecule has 0 spiro atoms. The lowest BCUT2D eigenvalue weighted by Gasteiger charge is -2.15. The number of halogens is 1. The highest BCUT2D eigenvalue weighted by Gasteiger charge is 2.13. The van der Waals surface area contributed by atoms with Crippen LogP contribution in [0.2, 0.25) is 0 Å². The quantitative estimate of drug-likeness (QED) is 0.851. The molecule has 4 heteroatoms. The molecule has 1 heterocycles. The van der Waals surface area contributed by atoms with E-state index in [1.165, 1.54) is 4.90 Å². The van der Waals surface area contributed by atoms with Crippen LogP contribution >= 0.6 is 15.9 Å². The largest absolute Gasteiger partial charge is 0.296 e. The van der Waals surface area contributed by atoms with Gasteiger partial charge in [-0.1, -0.05) is 28.1 Å². The van der Waals surface area contributed by atoms with E-state index in [-0.39, 0.29) is 5.91 Å². The number of hydrogen-bond donors (Lipinski definition) is 0. The molecule has 0 atom stereocenters. The summed E-state index contributed by atoms with van der Waals surface area (Å²) >= 11 is 3.35. The standard InChI is InChI=1S/C13H11BrN2O/c1-16(12-7-2-3-8-15-12)13(17)10-5-4-6-11(14)9-10/h2-9H,1H3. The molecular weight excluding hydrogens is 280 g/mol. The summed E-state index contributed by atoms with van der Waals surface area (Å²) in [6, 6.07) is 12.8. The zero-order chi connectivity index (χ0) is 12.3. The minimum Gasteiger partial charge on any atom is -0.296 e. The number of carbonyl (C=O) groups excluding carboxylic acids is 1. The van der Waals surface area contributed by atoms with Gasteiger partial charge in [0.05, 0.1) is 0 Å². The van der Waals surface area contributed by atoms with Crippen molar-refractivity contribution in [1.82, 2.24) is 4.98 Å². The van der Waals surface area contributed by atoms with E-state index >= 15 is 0 Å². The molecule has 0 aliphatic heterocycles. The molecule has 0 saturated carbocycles. The minimum atomic E-state index is -0.0787. The SMILES string of the molecule is CN(C(=O)c1cccc(Br)c1)c1ccccn1. The van der Waals surface area contributed by atoms with Crippen LogP contribution in [0.1, 0.15) is 10.4 Å². The molecule has 0 N–H and O–H groups in total. The van der Waals surface area contributed by atoms with Gasteiger partial charge in [0.1, 0.15) is 5.82 Å². The highest BCUT2D eigenvalue weighted by molar-refractivity contribution is 9.10. The Morgan fingerprint density at radius 1 is 1.24 bits per heavy atom. The van der Waals surface area contributed by atoms with Gasteiger partial charge in [0, 0.05) is 23.3 Å². The summed E-state index contributed by atoms with van der Waals surface area (Å²) in [6.45, 7) is 0. The molecule has 2 aromatic rings. The van der Waals surface area contributed by atoms with Gasteiger partial charge in [-0.25, -0.2) is 4.98 Å². The average molecular weight is 291 g/mol. The van der Waals surface area contributed by atoms with Crippen molar-refractivity contribution in [2.24, 2.45) is 0 Å². The first kappa shape index (κ1) is 11.8. The second-order valence-corrected chi connectivity index (χ2v) is 4.48. The van der Waals surface area contributed by atoms with Gasteiger partial charge in [-0.05, 0) is 30.3 Å². The highest BCUT2D eigenvalue weighted by atomic mass is 79.9. The van der Waals surface area contributed by atoms with Crippen LogP contribution in [0.5, 0.6) is 0 Å². The van der Waals surface area contributed by atoms with Crippen LogP contribution in [-0.4, -0.2) is 17.9 Å². The van der Waals surface area contributed by atoms with Crippen LogP contribution in [0, 0.1) is 0 Å². The first-order valence-electron chi connectivity index (χ1n) is 5.13. The van der Waals surface area contributed by atoms with Crippen LogP contribution in [0.15, 0.2) is 53.1 Å². The third-order valence-electron chi connectivity index (χ3n) is 2.37. The Bertz CT molecular complexity index is 528. The van der Waals surface area contributed by atoms with Crippen LogP contribution in [-0.2, 0) is 0 Å². The van der Waals surface area contributed by atoms with Crippen molar-refractivity contribution in [1.29, 1.82) is 0 Å². The van der Waals surface area contributed by atoms with Crippen LogP contribution < -0.4 is 4.90 Å². The number of aromatic nitrogens is 1. The Balaban J connectivity index is 2.27. The molecule has 17 heavy (non-hydrogen) atoms. The van der Waals surface area contributed by atoms with E-state index in [1.54, 1.807) is 31.4 Å². The fourth-order valence-electron chi connectivity index (χ4n) is 1.47. The highest BCUT2D eigenvalue weighted by Crippen LogP contribution is 2.15. The van der Waals surface area contributed by atoms with E-state index in [4.69, 9.17) is 0 Å². The second kappa shape index (κ2) is 5.10. The molecular formula is C13H11BrN2O. The van der Waals surface area contributed by atoms with Gasteiger partial charge in [-0.15, -0.1) is 0 Å². The summed E-state index contributed by atoms with van der Waals surface area (Å²) < 4.78 is 0.887. The number of rotatable bonds is 2. The van der Waals surface area contributed by atoms with Gasteiger partial charge < -0.3 is 0 Å². The fraction of sp³-hybridized carbons (Fsp3) is 0.0769. The number of benzene rings is 1. The molecule has 0 aliphatic rings. The fourth-order valence-corrected chi connectivity index (χ4v) is 1.87. The summed E-state index contributed by atoms with van der Waals surface area (Å²) in [7, 11) is 1.71. The van der Waals surface area contributed by atoms with Gasteiger partial charge in [0.2, 0.25) is 0 Å². The maximum Gasteiger partial charge on any atom is 0.259 e. The van der Waals surface area contributed by atoms with Gasteiger partial charge >= 0.3 is 0 Å². The van der Waals surface area contributed by atoms with Crippen molar-refractivity contribution in [2.45, 2.75) is 0 Å². The topological polar surface area (TPSA) is 33.2 Å². The van der Waals surface area contributed by atoms with E-state index < -0.39 is 0 Å². The summed E-state index contributed by atoms with van der Waals surface area (Å²) in [5, 5.41) is 0. The van der Waals surface area contributed by atoms with Crippen molar-refractivity contribution >= 4 is 27.7 Å². The van der Waals surface area contributed by atoms with Crippen LogP contribution in [0.3, 0.4) is 0 Å². The zero-order valence-electron chi connectivity index (χ0n) is 9.30. The molecule has 0 saturated heterocycles. The molecule has 3 nitrogen and oxygen atoms in total. The molecule has 0 aliphatic carbocycles. The van der Waals surface area contributed by atoms with Crippen molar-refractivity contribution in [3.8, 4) is 0 Å². The Kier molecular flexibility index (Phi) is 3.54. The number of carbonyl (C=O) groups is 1. The van der Waals surface area contributed by atoms with Crippen molar-refractivity contribution in [2.75, 3.05) is 11.9 Å². The van der Waals surface area contributed by atoms with Crippen molar-refractivity contribution in [3.63, 3.8) is 0 Å². The molecule has 2 rings (SSSR count). The first-order chi connectivity index (χ1) is 8.18. The Morgan fingerprint density at radius 3 is 2.71 bits per heavy atom. The summed E-state index contributed by atoms with van der Waals surface area (Å²) in [6.07, 6.45) is 1.67. The van der Waals surface area contributed by atoms with E-state index in [1.807, 2.05) is 24.3 Å². The molecule has 1 aromatic heterocycles. The van der Waals surface area contributed by atoms with Gasteiger partial charge in [-0.2, -0.15) is 0 Å². The Morgan fingerprint density at radius 2 is 2.06 bits per heavy atom. The van der Waals surface area contributed by atoms with Crippen LogP contribution in [0.25, 0.3) is 0 Å². The lowest BCUT2D eigenvalue weighted by molar-refractivity contribution is 0.0992. The number of pyridine rings is 1. The number of nitrogens with zero attached hydrogens (tertiary/aromatic N) is 2. The van der Waals surface area contributed by atoms with E-state index in [0.717, 1.165) is 4.47 Å². The molecule has 1 amide bonds. The maximum absolute atomic E-state index is 12.2. The first-order valence-corrected chi connectivity index (χ1v) is 5.92. The predicted octanol–water partition coefficient (Wildman–Crippen LogP) is 3.12. The normalized spacial score (nSPS) is 10.0. The van der Waals surface area contributed by atoms with Gasteiger partial charge in [0.25, 0.3) is 5.91 Å². The third-order valence-corrected chi connectivity index (χ3v) is 2.86. The van der Waals surface area contributed by atoms with Gasteiger partial charge in [0.15, 0.2) is 0 Å². The van der Waals surface area contributed by atoms with Crippen LogP contribution in [0.4, 0.5) is 5.82 Å². The third kappa shape index (κ3) is 2.71. The van der Waals surface area contributed by atoms with Crippen molar-refractivity contribution < 1.29 is 4.79 Å². The van der Waals surface area contributed by atoms with E-state index in [2.05, 4.69) is 20.9 Å². The summed E-state index contributed by atoms with van der Waals surface area (Å²) in [4.78, 5) is 17.8. The van der Waals surface area contributed by atoms with E-state index in [0.29, 0.717) is 11.4 Å². The monoisotopic (exact) mass is 290 g/mol. The number of amides is 1. The zero-order valence-corrected chi connectivity index (χ0v) is 10.9. The van der Waals surface area contributed by atoms with E-state index in [9.17, 15) is 4.79 Å². The smallest absolute Gasteiger partial charge is 0.259 e. The average Bonchev–Trinajstić information content (AvgIpc) is 2.38. The summed E-state index contributed by atoms with van der Waals surface area (Å²) in [5.41, 5.74) is 0.632. The minimum absolute atomic E-state index is 0.0787. The molecule has 0 radical (unpaired) electrons. The number of anilines is 1. The van der Waals surface area contributed by atoms with Crippen molar-refractivity contribution in [3.05, 3.63) is 58.7 Å². The Labute approximate surface area is 108 Å². The molecule has 86 valence electrons. The molecule has 0 unspecified atom stereocenters. The Hall–Kier alpha value is -1.68. The maximum atomic E-state index is 12.2. The van der Waals surface area contributed by atoms with Gasteiger partial charge in [-0.3, -0.25) is 9.69 Å². The second-order valence-electron chi connectivity index (χ2n) is 3.56. The molecule has 0 bridgehead atoms. The number of hydrogen-bond acceptors (Lipinski definition) is 2. The molecule has 0 fully saturated rings. The lowest BCUT2D eigenvalue weighted by Crippen LogP contribution is -2.26. The summed E-state index contributed by atoms with van der Waals surface area (Å²) in [5.74, 6) is 0.558. The molecule has 1 aromatic carbocycles. The predicted molar refractivity (Wildman–Crippen MR) is 71.1 cm³/mol. The lowest BCUT2D eigenvalue weighted by atomic mass is 10.2.